The van der Waals surface area contributed by atoms with Crippen molar-refractivity contribution in [3.63, 3.8) is 0 Å². The van der Waals surface area contributed by atoms with E-state index in [1.165, 1.54) is 0 Å². The summed E-state index contributed by atoms with van der Waals surface area (Å²) in [7, 11) is 1.57. The number of nitrogens with zero attached hydrogens (tertiary/aromatic N) is 2. The summed E-state index contributed by atoms with van der Waals surface area (Å²) in [5, 5.41) is 0. The summed E-state index contributed by atoms with van der Waals surface area (Å²) < 4.78 is 7.02. The smallest absolute Gasteiger partial charge is 0.212 e. The second-order valence-electron chi connectivity index (χ2n) is 4.15. The SMILES string of the molecule is COc1ccc(-c2c(C=O)cc3ccccn23)cn1. The number of methoxy groups -OCH3 is 1. The molecular weight excluding hydrogens is 240 g/mol. The van der Waals surface area contributed by atoms with E-state index >= 15 is 0 Å². The summed E-state index contributed by atoms with van der Waals surface area (Å²) in [6, 6.07) is 11.4. The summed E-state index contributed by atoms with van der Waals surface area (Å²) in [5.41, 5.74) is 3.36. The van der Waals surface area contributed by atoms with E-state index in [1.54, 1.807) is 19.4 Å². The quantitative estimate of drug-likeness (QED) is 0.673. The Kier molecular flexibility index (Phi) is 2.76. The molecule has 3 aromatic rings. The highest BCUT2D eigenvalue weighted by Gasteiger charge is 2.11. The molecule has 0 aliphatic carbocycles. The van der Waals surface area contributed by atoms with Crippen LogP contribution in [0.5, 0.6) is 5.88 Å². The third-order valence-electron chi connectivity index (χ3n) is 3.06. The second kappa shape index (κ2) is 4.57. The molecule has 0 unspecified atom stereocenters. The zero-order chi connectivity index (χ0) is 13.2. The predicted molar refractivity (Wildman–Crippen MR) is 72.6 cm³/mol. The average molecular weight is 252 g/mol. The Morgan fingerprint density at radius 3 is 2.84 bits per heavy atom. The van der Waals surface area contributed by atoms with Crippen LogP contribution in [0.2, 0.25) is 0 Å². The van der Waals surface area contributed by atoms with Crippen molar-refractivity contribution in [2.75, 3.05) is 7.11 Å². The highest BCUT2D eigenvalue weighted by Crippen LogP contribution is 2.26. The van der Waals surface area contributed by atoms with Crippen LogP contribution in [-0.4, -0.2) is 22.8 Å². The van der Waals surface area contributed by atoms with Gasteiger partial charge in [0.1, 0.15) is 0 Å². The van der Waals surface area contributed by atoms with Crippen LogP contribution in [0.25, 0.3) is 16.8 Å². The van der Waals surface area contributed by atoms with Crippen molar-refractivity contribution in [1.29, 1.82) is 0 Å². The maximum absolute atomic E-state index is 11.2. The highest BCUT2D eigenvalue weighted by atomic mass is 16.5. The van der Waals surface area contributed by atoms with Crippen molar-refractivity contribution in [3.05, 3.63) is 54.4 Å². The number of carbonyl (C=O) groups is 1. The zero-order valence-corrected chi connectivity index (χ0v) is 10.4. The van der Waals surface area contributed by atoms with Crippen molar-refractivity contribution < 1.29 is 9.53 Å². The van der Waals surface area contributed by atoms with E-state index in [4.69, 9.17) is 4.74 Å². The van der Waals surface area contributed by atoms with E-state index in [1.807, 2.05) is 40.9 Å². The molecule has 4 heteroatoms. The van der Waals surface area contributed by atoms with Crippen molar-refractivity contribution in [1.82, 2.24) is 9.38 Å². The number of ether oxygens (including phenoxy) is 1. The molecule has 0 aromatic carbocycles. The van der Waals surface area contributed by atoms with Crippen LogP contribution in [-0.2, 0) is 0 Å². The maximum atomic E-state index is 11.2. The lowest BCUT2D eigenvalue weighted by molar-refractivity contribution is 0.112. The number of fused-ring (bicyclic) bond motifs is 1. The Labute approximate surface area is 110 Å². The van der Waals surface area contributed by atoms with Gasteiger partial charge in [-0.25, -0.2) is 4.98 Å². The standard InChI is InChI=1S/C15H12N2O2/c1-19-14-6-5-11(9-16-14)15-12(10-18)8-13-4-2-3-7-17(13)15/h2-10H,1H3. The molecule has 0 amide bonds. The van der Waals surface area contributed by atoms with Crippen LogP contribution >= 0.6 is 0 Å². The van der Waals surface area contributed by atoms with E-state index in [-0.39, 0.29) is 0 Å². The van der Waals surface area contributed by atoms with Crippen molar-refractivity contribution in [2.24, 2.45) is 0 Å². The summed E-state index contributed by atoms with van der Waals surface area (Å²) in [6.07, 6.45) is 4.51. The number of carbonyl (C=O) groups excluding carboxylic acids is 1. The lowest BCUT2D eigenvalue weighted by Crippen LogP contribution is -1.92. The van der Waals surface area contributed by atoms with Crippen LogP contribution in [0.4, 0.5) is 0 Å². The number of hydrogen-bond donors (Lipinski definition) is 0. The molecule has 0 aliphatic rings. The summed E-state index contributed by atoms with van der Waals surface area (Å²) in [5.74, 6) is 0.553. The molecule has 3 rings (SSSR count). The van der Waals surface area contributed by atoms with Gasteiger partial charge in [0.15, 0.2) is 6.29 Å². The van der Waals surface area contributed by atoms with Gasteiger partial charge in [0, 0.05) is 35.1 Å². The van der Waals surface area contributed by atoms with Gasteiger partial charge >= 0.3 is 0 Å². The maximum Gasteiger partial charge on any atom is 0.212 e. The first kappa shape index (κ1) is 11.5. The van der Waals surface area contributed by atoms with Crippen LogP contribution in [0.3, 0.4) is 0 Å². The fourth-order valence-electron chi connectivity index (χ4n) is 2.18. The minimum atomic E-state index is 0.553. The Hall–Kier alpha value is -2.62. The van der Waals surface area contributed by atoms with Gasteiger partial charge in [0.25, 0.3) is 0 Å². The number of aldehydes is 1. The molecule has 4 nitrogen and oxygen atoms in total. The van der Waals surface area contributed by atoms with E-state index in [0.29, 0.717) is 11.4 Å². The van der Waals surface area contributed by atoms with Crippen LogP contribution in [0.1, 0.15) is 10.4 Å². The summed E-state index contributed by atoms with van der Waals surface area (Å²) in [4.78, 5) is 15.4. The van der Waals surface area contributed by atoms with E-state index < -0.39 is 0 Å². The summed E-state index contributed by atoms with van der Waals surface area (Å²) >= 11 is 0. The van der Waals surface area contributed by atoms with Gasteiger partial charge < -0.3 is 9.14 Å². The first-order valence-corrected chi connectivity index (χ1v) is 5.89. The Morgan fingerprint density at radius 2 is 2.16 bits per heavy atom. The lowest BCUT2D eigenvalue weighted by atomic mass is 10.1. The Balaban J connectivity index is 2.24. The predicted octanol–water partition coefficient (Wildman–Crippen LogP) is 2.82. The van der Waals surface area contributed by atoms with Gasteiger partial charge in [-0.3, -0.25) is 4.79 Å². The minimum absolute atomic E-state index is 0.553. The molecule has 0 saturated carbocycles. The van der Waals surface area contributed by atoms with Crippen LogP contribution in [0.15, 0.2) is 48.8 Å². The third kappa shape index (κ3) is 1.87. The number of aromatic nitrogens is 2. The normalized spacial score (nSPS) is 10.6. The average Bonchev–Trinajstić information content (AvgIpc) is 2.86. The molecule has 94 valence electrons. The number of hydrogen-bond acceptors (Lipinski definition) is 3. The van der Waals surface area contributed by atoms with Crippen molar-refractivity contribution >= 4 is 11.8 Å². The van der Waals surface area contributed by atoms with Crippen molar-refractivity contribution in [2.45, 2.75) is 0 Å². The summed E-state index contributed by atoms with van der Waals surface area (Å²) in [6.45, 7) is 0. The molecule has 19 heavy (non-hydrogen) atoms. The molecule has 0 atom stereocenters. The van der Waals surface area contributed by atoms with Gasteiger partial charge in [-0.1, -0.05) is 6.07 Å². The van der Waals surface area contributed by atoms with E-state index in [2.05, 4.69) is 4.98 Å². The Morgan fingerprint density at radius 1 is 1.26 bits per heavy atom. The van der Waals surface area contributed by atoms with Crippen LogP contribution in [0, 0.1) is 0 Å². The molecule has 0 bridgehead atoms. The molecule has 3 aromatic heterocycles. The van der Waals surface area contributed by atoms with Gasteiger partial charge in [-0.05, 0) is 24.3 Å². The largest absolute Gasteiger partial charge is 0.481 e. The molecule has 0 spiro atoms. The number of pyridine rings is 2. The van der Waals surface area contributed by atoms with Crippen molar-refractivity contribution in [3.8, 4) is 17.1 Å². The third-order valence-corrected chi connectivity index (χ3v) is 3.06. The fourth-order valence-corrected chi connectivity index (χ4v) is 2.18. The molecule has 0 saturated heterocycles. The molecular formula is C15H12N2O2. The Bertz CT molecular complexity index is 729. The first-order valence-electron chi connectivity index (χ1n) is 5.89. The number of rotatable bonds is 3. The molecule has 0 N–H and O–H groups in total. The minimum Gasteiger partial charge on any atom is -0.481 e. The van der Waals surface area contributed by atoms with Gasteiger partial charge in [0.05, 0.1) is 12.8 Å². The molecule has 0 aliphatic heterocycles. The monoisotopic (exact) mass is 252 g/mol. The highest BCUT2D eigenvalue weighted by molar-refractivity contribution is 5.89. The lowest BCUT2D eigenvalue weighted by Gasteiger charge is -2.05. The van der Waals surface area contributed by atoms with Gasteiger partial charge in [-0.15, -0.1) is 0 Å². The van der Waals surface area contributed by atoms with E-state index in [9.17, 15) is 4.79 Å². The topological polar surface area (TPSA) is 43.6 Å². The molecule has 3 heterocycles. The zero-order valence-electron chi connectivity index (χ0n) is 10.4. The molecule has 0 radical (unpaired) electrons. The van der Waals surface area contributed by atoms with Gasteiger partial charge in [0.2, 0.25) is 5.88 Å². The molecule has 0 fully saturated rings. The van der Waals surface area contributed by atoms with Gasteiger partial charge in [-0.2, -0.15) is 0 Å². The fraction of sp³-hybridized carbons (Fsp3) is 0.0667. The first-order chi connectivity index (χ1) is 9.33. The van der Waals surface area contributed by atoms with Crippen LogP contribution < -0.4 is 4.74 Å². The van der Waals surface area contributed by atoms with E-state index in [0.717, 1.165) is 23.1 Å². The second-order valence-corrected chi connectivity index (χ2v) is 4.15.